The van der Waals surface area contributed by atoms with Gasteiger partial charge in [0.1, 0.15) is 0 Å². The summed E-state index contributed by atoms with van der Waals surface area (Å²) in [7, 11) is 1.30. The van der Waals surface area contributed by atoms with E-state index in [2.05, 4.69) is 10.9 Å². The molecule has 1 fully saturated rings. The summed E-state index contributed by atoms with van der Waals surface area (Å²) in [6, 6.07) is 3.80. The van der Waals surface area contributed by atoms with Crippen LogP contribution < -0.4 is 15.6 Å². The molecule has 2 amide bonds. The van der Waals surface area contributed by atoms with Gasteiger partial charge in [-0.05, 0) is 25.0 Å². The molecule has 0 heterocycles. The Bertz CT molecular complexity index is 568. The summed E-state index contributed by atoms with van der Waals surface area (Å²) in [4.78, 5) is 33.3. The Morgan fingerprint density at radius 2 is 2.05 bits per heavy atom. The Kier molecular flexibility index (Phi) is 3.83. The molecule has 20 heavy (non-hydrogen) atoms. The first-order valence-corrected chi connectivity index (χ1v) is 5.95. The van der Waals surface area contributed by atoms with Gasteiger partial charge in [0, 0.05) is 17.5 Å². The van der Waals surface area contributed by atoms with Crippen molar-refractivity contribution >= 4 is 17.5 Å². The highest BCUT2D eigenvalue weighted by atomic mass is 16.6. The third kappa shape index (κ3) is 3.02. The fourth-order valence-electron chi connectivity index (χ4n) is 1.61. The first kappa shape index (κ1) is 13.8. The largest absolute Gasteiger partial charge is 0.490 e. The second-order valence-electron chi connectivity index (χ2n) is 4.36. The number of carbonyl (C=O) groups excluding carboxylic acids is 2. The molecular weight excluding hydrogens is 266 g/mol. The minimum atomic E-state index is -0.640. The predicted molar refractivity (Wildman–Crippen MR) is 68.0 cm³/mol. The third-order valence-electron chi connectivity index (χ3n) is 2.89. The fourth-order valence-corrected chi connectivity index (χ4v) is 1.61. The molecule has 0 saturated heterocycles. The summed E-state index contributed by atoms with van der Waals surface area (Å²) in [6.07, 6.45) is 1.63. The zero-order chi connectivity index (χ0) is 14.7. The smallest absolute Gasteiger partial charge is 0.311 e. The normalized spacial score (nSPS) is 13.4. The molecule has 0 aliphatic heterocycles. The van der Waals surface area contributed by atoms with Crippen LogP contribution in [0.4, 0.5) is 5.69 Å². The number of nitrogens with one attached hydrogen (secondary N) is 2. The Morgan fingerprint density at radius 3 is 2.60 bits per heavy atom. The Labute approximate surface area is 114 Å². The number of carbonyl (C=O) groups is 2. The van der Waals surface area contributed by atoms with E-state index in [1.807, 2.05) is 0 Å². The number of nitro benzene ring substituents is 1. The molecule has 2 rings (SSSR count). The quantitative estimate of drug-likeness (QED) is 0.625. The van der Waals surface area contributed by atoms with Gasteiger partial charge in [-0.2, -0.15) is 0 Å². The second kappa shape index (κ2) is 5.55. The minimum Gasteiger partial charge on any atom is -0.490 e. The van der Waals surface area contributed by atoms with E-state index < -0.39 is 10.8 Å². The van der Waals surface area contributed by atoms with Crippen molar-refractivity contribution in [1.82, 2.24) is 10.9 Å². The molecule has 2 N–H and O–H groups in total. The summed E-state index contributed by atoms with van der Waals surface area (Å²) >= 11 is 0. The average molecular weight is 279 g/mol. The van der Waals surface area contributed by atoms with Crippen molar-refractivity contribution < 1.29 is 19.2 Å². The maximum atomic E-state index is 11.8. The summed E-state index contributed by atoms with van der Waals surface area (Å²) in [5, 5.41) is 10.8. The molecule has 0 radical (unpaired) electrons. The van der Waals surface area contributed by atoms with E-state index in [9.17, 15) is 19.7 Å². The highest BCUT2D eigenvalue weighted by Crippen LogP contribution is 2.29. The Hall–Kier alpha value is -2.64. The molecule has 1 aromatic rings. The van der Waals surface area contributed by atoms with Gasteiger partial charge in [-0.15, -0.1) is 0 Å². The van der Waals surface area contributed by atoms with Crippen LogP contribution in [0.3, 0.4) is 0 Å². The van der Waals surface area contributed by atoms with Crippen molar-refractivity contribution in [3.05, 3.63) is 33.9 Å². The molecule has 0 aromatic heterocycles. The van der Waals surface area contributed by atoms with Crippen LogP contribution in [0.15, 0.2) is 18.2 Å². The number of rotatable bonds is 4. The maximum absolute atomic E-state index is 11.8. The summed E-state index contributed by atoms with van der Waals surface area (Å²) in [6.45, 7) is 0. The first-order chi connectivity index (χ1) is 9.52. The molecule has 1 aromatic carbocycles. The summed E-state index contributed by atoms with van der Waals surface area (Å²) < 4.78 is 4.84. The first-order valence-electron chi connectivity index (χ1n) is 5.95. The topological polar surface area (TPSA) is 111 Å². The molecular formula is C12H13N3O5. The fraction of sp³-hybridized carbons (Fsp3) is 0.333. The number of nitrogens with zero attached hydrogens (tertiary/aromatic N) is 1. The van der Waals surface area contributed by atoms with Crippen molar-refractivity contribution in [3.8, 4) is 5.75 Å². The molecule has 0 atom stereocenters. The van der Waals surface area contributed by atoms with Gasteiger partial charge in [0.15, 0.2) is 5.75 Å². The van der Waals surface area contributed by atoms with Gasteiger partial charge in [0.05, 0.1) is 12.0 Å². The van der Waals surface area contributed by atoms with Crippen molar-refractivity contribution in [3.63, 3.8) is 0 Å². The number of amides is 2. The van der Waals surface area contributed by atoms with Gasteiger partial charge in [-0.25, -0.2) is 0 Å². The number of ether oxygens (including phenoxy) is 1. The van der Waals surface area contributed by atoms with E-state index >= 15 is 0 Å². The van der Waals surface area contributed by atoms with Crippen molar-refractivity contribution in [2.75, 3.05) is 7.11 Å². The molecule has 8 nitrogen and oxygen atoms in total. The monoisotopic (exact) mass is 279 g/mol. The maximum Gasteiger partial charge on any atom is 0.311 e. The van der Waals surface area contributed by atoms with Crippen LogP contribution in [-0.2, 0) is 4.79 Å². The zero-order valence-corrected chi connectivity index (χ0v) is 10.7. The highest BCUT2D eigenvalue weighted by Gasteiger charge is 2.30. The highest BCUT2D eigenvalue weighted by molar-refractivity contribution is 5.96. The van der Waals surface area contributed by atoms with E-state index in [4.69, 9.17) is 4.74 Å². The Balaban J connectivity index is 2.07. The van der Waals surface area contributed by atoms with Crippen molar-refractivity contribution in [2.45, 2.75) is 12.8 Å². The van der Waals surface area contributed by atoms with E-state index in [0.717, 1.165) is 18.9 Å². The average Bonchev–Trinajstić information content (AvgIpc) is 3.28. The van der Waals surface area contributed by atoms with Gasteiger partial charge >= 0.3 is 5.69 Å². The predicted octanol–water partition coefficient (Wildman–Crippen LogP) is 0.774. The number of hydrogen-bond donors (Lipinski definition) is 2. The SMILES string of the molecule is COc1ccc(C(=O)NNC(=O)C2CC2)cc1[N+](=O)[O-]. The molecule has 0 unspecified atom stereocenters. The number of methoxy groups -OCH3 is 1. The van der Waals surface area contributed by atoms with Crippen LogP contribution in [0, 0.1) is 16.0 Å². The lowest BCUT2D eigenvalue weighted by molar-refractivity contribution is -0.385. The van der Waals surface area contributed by atoms with E-state index in [0.29, 0.717) is 0 Å². The minimum absolute atomic E-state index is 0.0412. The van der Waals surface area contributed by atoms with Crippen molar-refractivity contribution in [1.29, 1.82) is 0 Å². The lowest BCUT2D eigenvalue weighted by Gasteiger charge is -2.07. The molecule has 106 valence electrons. The summed E-state index contributed by atoms with van der Waals surface area (Å²) in [5.74, 6) is -0.847. The lowest BCUT2D eigenvalue weighted by atomic mass is 10.2. The number of hydrazine groups is 1. The number of benzene rings is 1. The summed E-state index contributed by atoms with van der Waals surface area (Å²) in [5.41, 5.74) is 4.25. The molecule has 0 spiro atoms. The molecule has 1 saturated carbocycles. The third-order valence-corrected chi connectivity index (χ3v) is 2.89. The van der Waals surface area contributed by atoms with Crippen molar-refractivity contribution in [2.24, 2.45) is 5.92 Å². The number of hydrogen-bond acceptors (Lipinski definition) is 5. The van der Waals surface area contributed by atoms with Gasteiger partial charge in [-0.3, -0.25) is 30.6 Å². The van der Waals surface area contributed by atoms with E-state index in [1.165, 1.54) is 19.2 Å². The van der Waals surface area contributed by atoms with Gasteiger partial charge in [0.25, 0.3) is 5.91 Å². The van der Waals surface area contributed by atoms with Gasteiger partial charge < -0.3 is 4.74 Å². The van der Waals surface area contributed by atoms with Crippen LogP contribution in [-0.4, -0.2) is 23.8 Å². The van der Waals surface area contributed by atoms with E-state index in [1.54, 1.807) is 0 Å². The Morgan fingerprint density at radius 1 is 1.35 bits per heavy atom. The van der Waals surface area contributed by atoms with Crippen LogP contribution in [0.25, 0.3) is 0 Å². The van der Waals surface area contributed by atoms with Gasteiger partial charge in [0.2, 0.25) is 5.91 Å². The lowest BCUT2D eigenvalue weighted by Crippen LogP contribution is -2.42. The number of nitro groups is 1. The zero-order valence-electron chi connectivity index (χ0n) is 10.7. The molecule has 8 heteroatoms. The molecule has 0 bridgehead atoms. The van der Waals surface area contributed by atoms with E-state index in [-0.39, 0.29) is 28.8 Å². The van der Waals surface area contributed by atoms with Gasteiger partial charge in [-0.1, -0.05) is 0 Å². The van der Waals surface area contributed by atoms with Crippen LogP contribution in [0.1, 0.15) is 23.2 Å². The second-order valence-corrected chi connectivity index (χ2v) is 4.36. The van der Waals surface area contributed by atoms with Crippen LogP contribution in [0.2, 0.25) is 0 Å². The van der Waals surface area contributed by atoms with Crippen LogP contribution >= 0.6 is 0 Å². The molecule has 1 aliphatic carbocycles. The van der Waals surface area contributed by atoms with Crippen LogP contribution in [0.5, 0.6) is 5.75 Å². The standard InChI is InChI=1S/C12H13N3O5/c1-20-10-5-4-8(6-9(10)15(18)19)12(17)14-13-11(16)7-2-3-7/h4-7H,2-3H2,1H3,(H,13,16)(H,14,17). The molecule has 1 aliphatic rings.